The lowest BCUT2D eigenvalue weighted by Gasteiger charge is -2.19. The quantitative estimate of drug-likeness (QED) is 0.757. The smallest absolute Gasteiger partial charge is 0.435 e. The van der Waals surface area contributed by atoms with Gasteiger partial charge in [0.2, 0.25) is 5.91 Å². The van der Waals surface area contributed by atoms with E-state index >= 15 is 0 Å². The average molecular weight is 293 g/mol. The number of halogens is 3. The fourth-order valence-electron chi connectivity index (χ4n) is 1.44. The highest BCUT2D eigenvalue weighted by Crippen LogP contribution is 2.27. The molecule has 0 saturated heterocycles. The van der Waals surface area contributed by atoms with Gasteiger partial charge in [0, 0.05) is 12.7 Å². The number of alkyl halides is 3. The van der Waals surface area contributed by atoms with E-state index in [4.69, 9.17) is 0 Å². The first kappa shape index (κ1) is 16.0. The van der Waals surface area contributed by atoms with Gasteiger partial charge in [-0.05, 0) is 13.0 Å². The predicted molar refractivity (Wildman–Crippen MR) is 61.5 cm³/mol. The molecule has 0 fully saturated rings. The molecule has 0 spiro atoms. The monoisotopic (exact) mass is 293 g/mol. The average Bonchev–Trinajstić information content (AvgIpc) is 2.83. The Morgan fingerprint density at radius 1 is 1.45 bits per heavy atom. The molecule has 1 rings (SSSR count). The predicted octanol–water partition coefficient (Wildman–Crippen LogP) is 0.923. The second-order valence-electron chi connectivity index (χ2n) is 3.88. The molecule has 0 unspecified atom stereocenters. The van der Waals surface area contributed by atoms with Crippen LogP contribution < -0.4 is 0 Å². The summed E-state index contributed by atoms with van der Waals surface area (Å²) in [5.74, 6) is -1.12. The van der Waals surface area contributed by atoms with Crippen LogP contribution in [0.5, 0.6) is 0 Å². The molecule has 0 radical (unpaired) electrons. The van der Waals surface area contributed by atoms with Crippen LogP contribution in [-0.2, 0) is 27.0 Å². The molecule has 1 amide bonds. The van der Waals surface area contributed by atoms with Gasteiger partial charge < -0.3 is 9.64 Å². The van der Waals surface area contributed by atoms with E-state index in [1.54, 1.807) is 6.92 Å². The fourth-order valence-corrected chi connectivity index (χ4v) is 1.44. The molecule has 1 heterocycles. The summed E-state index contributed by atoms with van der Waals surface area (Å²) in [6, 6.07) is 0.782. The number of amides is 1. The first-order valence-corrected chi connectivity index (χ1v) is 5.73. The largest absolute Gasteiger partial charge is 0.468 e. The first-order valence-electron chi connectivity index (χ1n) is 5.73. The molecule has 0 atom stereocenters. The van der Waals surface area contributed by atoms with Crippen LogP contribution in [0, 0.1) is 0 Å². The number of rotatable bonds is 5. The van der Waals surface area contributed by atoms with Crippen LogP contribution in [0.25, 0.3) is 0 Å². The first-order chi connectivity index (χ1) is 9.27. The minimum Gasteiger partial charge on any atom is -0.468 e. The third-order valence-corrected chi connectivity index (χ3v) is 2.51. The maximum atomic E-state index is 12.3. The lowest BCUT2D eigenvalue weighted by Crippen LogP contribution is -2.38. The molecule has 0 bridgehead atoms. The Hall–Kier alpha value is -2.06. The molecule has 0 aliphatic heterocycles. The van der Waals surface area contributed by atoms with E-state index < -0.39 is 23.7 Å². The SMILES string of the molecule is CCN(CC(=O)OC)C(=O)Cn1ccc(C(F)(F)F)n1. The van der Waals surface area contributed by atoms with E-state index in [1.807, 2.05) is 0 Å². The van der Waals surface area contributed by atoms with Crippen LogP contribution in [0.15, 0.2) is 12.3 Å². The number of ether oxygens (including phenoxy) is 1. The second-order valence-corrected chi connectivity index (χ2v) is 3.88. The van der Waals surface area contributed by atoms with Crippen LogP contribution in [-0.4, -0.2) is 46.8 Å². The summed E-state index contributed by atoms with van der Waals surface area (Å²) in [5.41, 5.74) is -1.07. The summed E-state index contributed by atoms with van der Waals surface area (Å²) < 4.78 is 42.4. The molecule has 6 nitrogen and oxygen atoms in total. The van der Waals surface area contributed by atoms with Crippen molar-refractivity contribution in [3.8, 4) is 0 Å². The van der Waals surface area contributed by atoms with Crippen LogP contribution in [0.2, 0.25) is 0 Å². The lowest BCUT2D eigenvalue weighted by atomic mass is 10.4. The Labute approximate surface area is 113 Å². The van der Waals surface area contributed by atoms with E-state index in [-0.39, 0.29) is 19.6 Å². The molecular weight excluding hydrogens is 279 g/mol. The van der Waals surface area contributed by atoms with Crippen molar-refractivity contribution in [3.05, 3.63) is 18.0 Å². The highest BCUT2D eigenvalue weighted by molar-refractivity contribution is 5.81. The maximum Gasteiger partial charge on any atom is 0.435 e. The van der Waals surface area contributed by atoms with Crippen molar-refractivity contribution in [2.24, 2.45) is 0 Å². The van der Waals surface area contributed by atoms with Crippen molar-refractivity contribution in [1.29, 1.82) is 0 Å². The summed E-state index contributed by atoms with van der Waals surface area (Å²) in [6.07, 6.45) is -3.49. The lowest BCUT2D eigenvalue weighted by molar-refractivity contribution is -0.147. The molecule has 0 aliphatic carbocycles. The Morgan fingerprint density at radius 3 is 2.55 bits per heavy atom. The van der Waals surface area contributed by atoms with Crippen molar-refractivity contribution >= 4 is 11.9 Å². The number of likely N-dealkylation sites (N-methyl/N-ethyl adjacent to an activating group) is 1. The van der Waals surface area contributed by atoms with Gasteiger partial charge >= 0.3 is 12.1 Å². The number of carbonyl (C=O) groups excluding carboxylic acids is 2. The maximum absolute atomic E-state index is 12.3. The molecule has 1 aromatic rings. The van der Waals surface area contributed by atoms with Gasteiger partial charge in [0.25, 0.3) is 0 Å². The van der Waals surface area contributed by atoms with Gasteiger partial charge in [-0.1, -0.05) is 0 Å². The standard InChI is InChI=1S/C11H14F3N3O3/c1-3-16(7-10(19)20-2)9(18)6-17-5-4-8(15-17)11(12,13)14/h4-5H,3,6-7H2,1-2H3. The molecule has 1 aromatic heterocycles. The van der Waals surface area contributed by atoms with Gasteiger partial charge in [-0.2, -0.15) is 18.3 Å². The molecule has 0 aromatic carbocycles. The highest BCUT2D eigenvalue weighted by atomic mass is 19.4. The number of aromatic nitrogens is 2. The van der Waals surface area contributed by atoms with Crippen LogP contribution in [0.4, 0.5) is 13.2 Å². The van der Waals surface area contributed by atoms with Gasteiger partial charge in [0.15, 0.2) is 5.69 Å². The van der Waals surface area contributed by atoms with Gasteiger partial charge in [-0.15, -0.1) is 0 Å². The molecule has 112 valence electrons. The van der Waals surface area contributed by atoms with Crippen molar-refractivity contribution in [3.63, 3.8) is 0 Å². The van der Waals surface area contributed by atoms with Crippen molar-refractivity contribution in [1.82, 2.24) is 14.7 Å². The molecule has 20 heavy (non-hydrogen) atoms. The van der Waals surface area contributed by atoms with Gasteiger partial charge in [-0.3, -0.25) is 14.3 Å². The summed E-state index contributed by atoms with van der Waals surface area (Å²) >= 11 is 0. The molecule has 0 N–H and O–H groups in total. The zero-order valence-corrected chi connectivity index (χ0v) is 11.0. The van der Waals surface area contributed by atoms with E-state index in [0.29, 0.717) is 0 Å². The number of hydrogen-bond donors (Lipinski definition) is 0. The Kier molecular flexibility index (Phi) is 5.12. The zero-order chi connectivity index (χ0) is 15.3. The number of nitrogens with zero attached hydrogens (tertiary/aromatic N) is 3. The number of carbonyl (C=O) groups is 2. The normalized spacial score (nSPS) is 11.2. The van der Waals surface area contributed by atoms with E-state index in [2.05, 4.69) is 9.84 Å². The van der Waals surface area contributed by atoms with E-state index in [0.717, 1.165) is 16.9 Å². The second kappa shape index (κ2) is 6.40. The van der Waals surface area contributed by atoms with E-state index in [1.165, 1.54) is 12.0 Å². The van der Waals surface area contributed by atoms with Gasteiger partial charge in [0.05, 0.1) is 7.11 Å². The van der Waals surface area contributed by atoms with Gasteiger partial charge in [-0.25, -0.2) is 0 Å². The summed E-state index contributed by atoms with van der Waals surface area (Å²) in [7, 11) is 1.18. The molecule has 9 heteroatoms. The van der Waals surface area contributed by atoms with Crippen molar-refractivity contribution < 1.29 is 27.5 Å². The molecule has 0 aliphatic rings. The highest BCUT2D eigenvalue weighted by Gasteiger charge is 2.33. The number of hydrogen-bond acceptors (Lipinski definition) is 4. The van der Waals surface area contributed by atoms with Crippen LogP contribution in [0.3, 0.4) is 0 Å². The Balaban J connectivity index is 2.69. The summed E-state index contributed by atoms with van der Waals surface area (Å²) in [4.78, 5) is 24.1. The zero-order valence-electron chi connectivity index (χ0n) is 11.0. The minimum atomic E-state index is -4.55. The van der Waals surface area contributed by atoms with Gasteiger partial charge in [0.1, 0.15) is 13.1 Å². The van der Waals surface area contributed by atoms with Crippen LogP contribution in [0.1, 0.15) is 12.6 Å². The number of esters is 1. The number of methoxy groups -OCH3 is 1. The van der Waals surface area contributed by atoms with Crippen molar-refractivity contribution in [2.75, 3.05) is 20.2 Å². The van der Waals surface area contributed by atoms with E-state index in [9.17, 15) is 22.8 Å². The minimum absolute atomic E-state index is 0.237. The summed E-state index contributed by atoms with van der Waals surface area (Å²) in [6.45, 7) is 1.26. The van der Waals surface area contributed by atoms with Crippen LogP contribution >= 0.6 is 0 Å². The third-order valence-electron chi connectivity index (χ3n) is 2.51. The topological polar surface area (TPSA) is 64.4 Å². The molecule has 0 saturated carbocycles. The molecular formula is C11H14F3N3O3. The summed E-state index contributed by atoms with van der Waals surface area (Å²) in [5, 5.41) is 3.27. The Morgan fingerprint density at radius 2 is 2.10 bits per heavy atom. The fraction of sp³-hybridized carbons (Fsp3) is 0.545. The van der Waals surface area contributed by atoms with Crippen molar-refractivity contribution in [2.45, 2.75) is 19.6 Å². The third kappa shape index (κ3) is 4.25. The Bertz CT molecular complexity index is 485.